The Kier molecular flexibility index (Phi) is 4.80. The van der Waals surface area contributed by atoms with Gasteiger partial charge in [-0.05, 0) is 37.1 Å². The molecule has 1 radical (unpaired) electrons. The summed E-state index contributed by atoms with van der Waals surface area (Å²) < 4.78 is 5.19. The van der Waals surface area contributed by atoms with Crippen LogP contribution in [-0.2, 0) is 14.3 Å². The van der Waals surface area contributed by atoms with Crippen LogP contribution in [0.5, 0.6) is 0 Å². The molecule has 3 N–H and O–H groups in total. The second kappa shape index (κ2) is 7.00. The number of primary amides is 1. The van der Waals surface area contributed by atoms with Crippen LogP contribution in [-0.4, -0.2) is 43.0 Å². The van der Waals surface area contributed by atoms with E-state index in [0.717, 1.165) is 18.5 Å². The maximum atomic E-state index is 12.2. The normalized spacial score (nSPS) is 24.0. The van der Waals surface area contributed by atoms with E-state index in [0.29, 0.717) is 18.5 Å². The van der Waals surface area contributed by atoms with Gasteiger partial charge in [0.2, 0.25) is 11.8 Å². The Hall–Kier alpha value is -2.41. The molecule has 2 heterocycles. The van der Waals surface area contributed by atoms with Gasteiger partial charge in [0.25, 0.3) is 5.91 Å². The van der Waals surface area contributed by atoms with E-state index < -0.39 is 12.0 Å². The summed E-state index contributed by atoms with van der Waals surface area (Å²) in [5, 5.41) is 2.78. The average molecular weight is 330 g/mol. The number of piperidine rings is 1. The van der Waals surface area contributed by atoms with Crippen molar-refractivity contribution in [1.29, 1.82) is 0 Å². The van der Waals surface area contributed by atoms with E-state index in [4.69, 9.17) is 10.5 Å². The molecular formula is C17H20N3O4. The zero-order valence-corrected chi connectivity index (χ0v) is 13.2. The fourth-order valence-electron chi connectivity index (χ4n) is 2.92. The first-order valence-electron chi connectivity index (χ1n) is 8.02. The lowest BCUT2D eigenvalue weighted by Gasteiger charge is -2.26. The van der Waals surface area contributed by atoms with Crippen molar-refractivity contribution >= 4 is 23.4 Å². The van der Waals surface area contributed by atoms with Crippen molar-refractivity contribution in [1.82, 2.24) is 5.32 Å². The highest BCUT2D eigenvalue weighted by Crippen LogP contribution is 2.21. The maximum absolute atomic E-state index is 12.2. The predicted octanol–water partition coefficient (Wildman–Crippen LogP) is 0.390. The topological polar surface area (TPSA) is 102 Å². The van der Waals surface area contributed by atoms with Crippen LogP contribution in [0.25, 0.3) is 0 Å². The standard InChI is InChI=1S/C17H20N3O4/c18-16(22)14-9-12(10-24-14)19-17(23)11-4-6-13(7-5-11)20-8-2-1-3-15(20)21/h4-7,9,12,14H,1-3,8,10H2,(H2,18,22)(H,19,23). The number of carbonyl (C=O) groups excluding carboxylic acids is 3. The van der Waals surface area contributed by atoms with Gasteiger partial charge in [0, 0.05) is 30.6 Å². The van der Waals surface area contributed by atoms with Crippen molar-refractivity contribution in [2.24, 2.45) is 5.73 Å². The van der Waals surface area contributed by atoms with Gasteiger partial charge in [0.15, 0.2) is 0 Å². The summed E-state index contributed by atoms with van der Waals surface area (Å²) in [6.07, 6.45) is 3.32. The number of nitrogens with one attached hydrogen (secondary N) is 1. The maximum Gasteiger partial charge on any atom is 0.251 e. The summed E-state index contributed by atoms with van der Waals surface area (Å²) >= 11 is 0. The third-order valence-corrected chi connectivity index (χ3v) is 4.22. The molecule has 0 spiro atoms. The molecule has 3 amide bonds. The fraction of sp³-hybridized carbons (Fsp3) is 0.412. The first kappa shape index (κ1) is 16.4. The third kappa shape index (κ3) is 3.56. The number of hydrogen-bond donors (Lipinski definition) is 2. The Labute approximate surface area is 140 Å². The van der Waals surface area contributed by atoms with Crippen LogP contribution in [0.2, 0.25) is 0 Å². The molecule has 24 heavy (non-hydrogen) atoms. The number of hydrogen-bond acceptors (Lipinski definition) is 4. The zero-order chi connectivity index (χ0) is 17.1. The van der Waals surface area contributed by atoms with Gasteiger partial charge in [-0.25, -0.2) is 0 Å². The number of amides is 3. The van der Waals surface area contributed by atoms with E-state index in [1.165, 1.54) is 0 Å². The van der Waals surface area contributed by atoms with E-state index >= 15 is 0 Å². The highest BCUT2D eigenvalue weighted by Gasteiger charge is 2.31. The van der Waals surface area contributed by atoms with Crippen LogP contribution in [0.15, 0.2) is 24.3 Å². The third-order valence-electron chi connectivity index (χ3n) is 4.22. The number of ether oxygens (including phenoxy) is 1. The van der Waals surface area contributed by atoms with Crippen LogP contribution < -0.4 is 16.0 Å². The molecule has 7 heteroatoms. The van der Waals surface area contributed by atoms with Crippen LogP contribution in [0, 0.1) is 6.42 Å². The Morgan fingerprint density at radius 1 is 1.21 bits per heavy atom. The molecule has 0 aromatic heterocycles. The van der Waals surface area contributed by atoms with Crippen LogP contribution in [0.1, 0.15) is 29.6 Å². The van der Waals surface area contributed by atoms with Crippen LogP contribution in [0.3, 0.4) is 0 Å². The number of nitrogens with zero attached hydrogens (tertiary/aromatic N) is 1. The van der Waals surface area contributed by atoms with Gasteiger partial charge in [-0.1, -0.05) is 0 Å². The molecule has 0 saturated carbocycles. The zero-order valence-electron chi connectivity index (χ0n) is 13.2. The Morgan fingerprint density at radius 3 is 2.58 bits per heavy atom. The minimum Gasteiger partial charge on any atom is -0.367 e. The molecule has 2 saturated heterocycles. The van der Waals surface area contributed by atoms with Gasteiger partial charge >= 0.3 is 0 Å². The van der Waals surface area contributed by atoms with Gasteiger partial charge in [0.05, 0.1) is 12.6 Å². The van der Waals surface area contributed by atoms with Gasteiger partial charge in [0.1, 0.15) is 6.10 Å². The monoisotopic (exact) mass is 330 g/mol. The number of benzene rings is 1. The SMILES string of the molecule is NC(=O)C1[CH]C(NC(=O)c2ccc(N3CCCCC3=O)cc2)CO1. The number of nitrogens with two attached hydrogens (primary N) is 1. The van der Waals surface area contributed by atoms with Crippen molar-refractivity contribution in [3.8, 4) is 0 Å². The lowest BCUT2D eigenvalue weighted by Crippen LogP contribution is -2.37. The molecular weight excluding hydrogens is 310 g/mol. The van der Waals surface area contributed by atoms with Gasteiger partial charge in [-0.2, -0.15) is 0 Å². The van der Waals surface area contributed by atoms with Crippen molar-refractivity contribution in [2.75, 3.05) is 18.1 Å². The van der Waals surface area contributed by atoms with Crippen molar-refractivity contribution < 1.29 is 19.1 Å². The Bertz CT molecular complexity index is 644. The number of rotatable bonds is 4. The molecule has 7 nitrogen and oxygen atoms in total. The summed E-state index contributed by atoms with van der Waals surface area (Å²) in [6, 6.07) is 6.58. The quantitative estimate of drug-likeness (QED) is 0.834. The number of anilines is 1. The summed E-state index contributed by atoms with van der Waals surface area (Å²) in [5.41, 5.74) is 6.45. The molecule has 2 unspecified atom stereocenters. The first-order valence-corrected chi connectivity index (χ1v) is 8.02. The van der Waals surface area contributed by atoms with E-state index in [-0.39, 0.29) is 24.5 Å². The molecule has 3 rings (SSSR count). The summed E-state index contributed by atoms with van der Waals surface area (Å²) in [5.74, 6) is -0.711. The van der Waals surface area contributed by atoms with E-state index in [9.17, 15) is 14.4 Å². The van der Waals surface area contributed by atoms with Crippen molar-refractivity contribution in [3.63, 3.8) is 0 Å². The van der Waals surface area contributed by atoms with Gasteiger partial charge < -0.3 is 20.7 Å². The van der Waals surface area contributed by atoms with Crippen molar-refractivity contribution in [3.05, 3.63) is 36.2 Å². The highest BCUT2D eigenvalue weighted by atomic mass is 16.5. The second-order valence-electron chi connectivity index (χ2n) is 5.98. The Morgan fingerprint density at radius 2 is 1.96 bits per heavy atom. The largest absolute Gasteiger partial charge is 0.367 e. The summed E-state index contributed by atoms with van der Waals surface area (Å²) in [7, 11) is 0. The second-order valence-corrected chi connectivity index (χ2v) is 5.98. The van der Waals surface area contributed by atoms with E-state index in [2.05, 4.69) is 5.32 Å². The molecule has 1 aromatic rings. The van der Waals surface area contributed by atoms with Crippen molar-refractivity contribution in [2.45, 2.75) is 31.4 Å². The molecule has 2 aliphatic rings. The summed E-state index contributed by atoms with van der Waals surface area (Å²) in [4.78, 5) is 37.0. The lowest BCUT2D eigenvalue weighted by molar-refractivity contribution is -0.125. The fourth-order valence-corrected chi connectivity index (χ4v) is 2.92. The molecule has 2 aliphatic heterocycles. The predicted molar refractivity (Wildman–Crippen MR) is 87.1 cm³/mol. The minimum atomic E-state index is -0.761. The van der Waals surface area contributed by atoms with Crippen LogP contribution in [0.4, 0.5) is 5.69 Å². The Balaban J connectivity index is 1.60. The van der Waals surface area contributed by atoms with Gasteiger partial charge in [-0.3, -0.25) is 14.4 Å². The molecule has 2 atom stereocenters. The van der Waals surface area contributed by atoms with E-state index in [1.807, 2.05) is 0 Å². The van der Waals surface area contributed by atoms with Gasteiger partial charge in [-0.15, -0.1) is 0 Å². The van der Waals surface area contributed by atoms with Crippen LogP contribution >= 0.6 is 0 Å². The molecule has 0 bridgehead atoms. The molecule has 2 fully saturated rings. The molecule has 1 aromatic carbocycles. The average Bonchev–Trinajstić information content (AvgIpc) is 3.04. The first-order chi connectivity index (χ1) is 11.5. The smallest absolute Gasteiger partial charge is 0.251 e. The minimum absolute atomic E-state index is 0.119. The lowest BCUT2D eigenvalue weighted by atomic mass is 10.1. The molecule has 0 aliphatic carbocycles. The van der Waals surface area contributed by atoms with E-state index in [1.54, 1.807) is 35.6 Å². The highest BCUT2D eigenvalue weighted by molar-refractivity contribution is 5.97. The number of carbonyl (C=O) groups is 3. The summed E-state index contributed by atoms with van der Waals surface area (Å²) in [6.45, 7) is 0.937. The molecule has 127 valence electrons.